The number of amides is 1. The summed E-state index contributed by atoms with van der Waals surface area (Å²) in [5.74, 6) is 0.670. The van der Waals surface area contributed by atoms with E-state index in [1.54, 1.807) is 31.2 Å². The van der Waals surface area contributed by atoms with Crippen molar-refractivity contribution in [2.24, 2.45) is 0 Å². The normalized spacial score (nSPS) is 10.5. The van der Waals surface area contributed by atoms with Gasteiger partial charge >= 0.3 is 6.09 Å². The predicted octanol–water partition coefficient (Wildman–Crippen LogP) is 3.29. The Bertz CT molecular complexity index is 1080. The van der Waals surface area contributed by atoms with Crippen molar-refractivity contribution in [1.82, 2.24) is 9.78 Å². The molecule has 0 bridgehead atoms. The van der Waals surface area contributed by atoms with Crippen molar-refractivity contribution in [3.05, 3.63) is 76.6 Å². The van der Waals surface area contributed by atoms with Gasteiger partial charge in [-0.1, -0.05) is 24.3 Å². The number of aliphatic hydroxyl groups excluding tert-OH is 1. The van der Waals surface area contributed by atoms with Crippen LogP contribution < -0.4 is 15.6 Å². The van der Waals surface area contributed by atoms with E-state index in [4.69, 9.17) is 14.6 Å². The van der Waals surface area contributed by atoms with E-state index in [2.05, 4.69) is 10.4 Å². The Balaban J connectivity index is 1.79. The van der Waals surface area contributed by atoms with Crippen LogP contribution >= 0.6 is 0 Å². The van der Waals surface area contributed by atoms with E-state index in [-0.39, 0.29) is 25.3 Å². The lowest BCUT2D eigenvalue weighted by Crippen LogP contribution is -2.23. The van der Waals surface area contributed by atoms with Crippen molar-refractivity contribution in [3.63, 3.8) is 0 Å². The van der Waals surface area contributed by atoms with Gasteiger partial charge in [0.2, 0.25) is 0 Å². The molecule has 3 rings (SSSR count). The van der Waals surface area contributed by atoms with Crippen LogP contribution in [0.3, 0.4) is 0 Å². The Morgan fingerprint density at radius 2 is 1.97 bits per heavy atom. The zero-order chi connectivity index (χ0) is 22.1. The molecule has 1 heterocycles. The fraction of sp³-hybridized carbons (Fsp3) is 0.261. The maximum Gasteiger partial charge on any atom is 0.411 e. The summed E-state index contributed by atoms with van der Waals surface area (Å²) in [6.07, 6.45) is 0.0234. The number of hydrogen-bond donors (Lipinski definition) is 2. The summed E-state index contributed by atoms with van der Waals surface area (Å²) < 4.78 is 11.9. The third-order valence-corrected chi connectivity index (χ3v) is 4.35. The fourth-order valence-electron chi connectivity index (χ4n) is 2.92. The number of nitrogens with zero attached hydrogens (tertiary/aromatic N) is 2. The molecular formula is C23H25N3O5. The molecule has 0 aliphatic heterocycles. The van der Waals surface area contributed by atoms with Crippen molar-refractivity contribution in [3.8, 4) is 17.0 Å². The van der Waals surface area contributed by atoms with Crippen LogP contribution in [-0.4, -0.2) is 40.8 Å². The van der Waals surface area contributed by atoms with Gasteiger partial charge in [-0.25, -0.2) is 9.48 Å². The molecule has 1 amide bonds. The summed E-state index contributed by atoms with van der Waals surface area (Å²) in [6, 6.07) is 17.7. The lowest BCUT2D eigenvalue weighted by atomic mass is 10.1. The highest BCUT2D eigenvalue weighted by Gasteiger charge is 2.08. The second-order valence-corrected chi connectivity index (χ2v) is 6.71. The Hall–Kier alpha value is -3.65. The van der Waals surface area contributed by atoms with Gasteiger partial charge in [0.05, 0.1) is 25.5 Å². The molecule has 0 radical (unpaired) electrons. The molecule has 3 aromatic rings. The third kappa shape index (κ3) is 6.42. The Labute approximate surface area is 180 Å². The maximum atomic E-state index is 12.4. The van der Waals surface area contributed by atoms with Gasteiger partial charge in [-0.05, 0) is 42.8 Å². The van der Waals surface area contributed by atoms with Crippen molar-refractivity contribution in [2.75, 3.05) is 25.1 Å². The highest BCUT2D eigenvalue weighted by atomic mass is 16.5. The zero-order valence-corrected chi connectivity index (χ0v) is 17.3. The van der Waals surface area contributed by atoms with E-state index in [0.717, 1.165) is 11.1 Å². The van der Waals surface area contributed by atoms with E-state index < -0.39 is 6.09 Å². The molecular weight excluding hydrogens is 398 g/mol. The van der Waals surface area contributed by atoms with E-state index in [1.165, 1.54) is 10.7 Å². The molecule has 162 valence electrons. The molecule has 31 heavy (non-hydrogen) atoms. The van der Waals surface area contributed by atoms with Crippen LogP contribution in [0.15, 0.2) is 65.5 Å². The molecule has 0 saturated heterocycles. The predicted molar refractivity (Wildman–Crippen MR) is 117 cm³/mol. The number of ether oxygens (including phenoxy) is 2. The first-order valence-electron chi connectivity index (χ1n) is 10.0. The minimum absolute atomic E-state index is 0.0721. The lowest BCUT2D eigenvalue weighted by Gasteiger charge is -2.10. The average Bonchev–Trinajstić information content (AvgIpc) is 2.76. The summed E-state index contributed by atoms with van der Waals surface area (Å²) >= 11 is 0. The Morgan fingerprint density at radius 1 is 1.13 bits per heavy atom. The summed E-state index contributed by atoms with van der Waals surface area (Å²) in [5, 5.41) is 16.0. The molecule has 2 N–H and O–H groups in total. The van der Waals surface area contributed by atoms with Gasteiger partial charge in [-0.3, -0.25) is 10.1 Å². The van der Waals surface area contributed by atoms with E-state index in [0.29, 0.717) is 30.2 Å². The average molecular weight is 423 g/mol. The van der Waals surface area contributed by atoms with Crippen LogP contribution in [0.5, 0.6) is 5.75 Å². The van der Waals surface area contributed by atoms with Crippen LogP contribution in [0.2, 0.25) is 0 Å². The second kappa shape index (κ2) is 10.9. The zero-order valence-electron chi connectivity index (χ0n) is 17.3. The number of benzene rings is 2. The number of aliphatic hydroxyl groups is 1. The van der Waals surface area contributed by atoms with Gasteiger partial charge in [0.25, 0.3) is 5.56 Å². The molecule has 0 fully saturated rings. The number of nitrogens with one attached hydrogen (secondary N) is 1. The molecule has 0 spiro atoms. The van der Waals surface area contributed by atoms with Gasteiger partial charge in [-0.2, -0.15) is 5.10 Å². The van der Waals surface area contributed by atoms with Gasteiger partial charge in [0.1, 0.15) is 5.75 Å². The van der Waals surface area contributed by atoms with Gasteiger partial charge in [0.15, 0.2) is 0 Å². The Morgan fingerprint density at radius 3 is 2.77 bits per heavy atom. The number of aromatic nitrogens is 2. The van der Waals surface area contributed by atoms with Crippen molar-refractivity contribution in [1.29, 1.82) is 0 Å². The first-order valence-corrected chi connectivity index (χ1v) is 10.0. The molecule has 2 aromatic carbocycles. The van der Waals surface area contributed by atoms with Gasteiger partial charge in [0, 0.05) is 30.3 Å². The molecule has 8 heteroatoms. The number of hydrogen-bond acceptors (Lipinski definition) is 6. The molecule has 0 atom stereocenters. The van der Waals surface area contributed by atoms with E-state index in [1.807, 2.05) is 30.3 Å². The summed E-state index contributed by atoms with van der Waals surface area (Å²) in [6.45, 7) is 2.76. The Kier molecular flexibility index (Phi) is 7.78. The maximum absolute atomic E-state index is 12.4. The van der Waals surface area contributed by atoms with Crippen LogP contribution in [0.4, 0.5) is 10.5 Å². The highest BCUT2D eigenvalue weighted by molar-refractivity contribution is 5.84. The first kappa shape index (κ1) is 22.0. The monoisotopic (exact) mass is 423 g/mol. The smallest absolute Gasteiger partial charge is 0.411 e. The minimum Gasteiger partial charge on any atom is -0.493 e. The number of carbonyl (C=O) groups excluding carboxylic acids is 1. The standard InChI is InChI=1S/C23H25N3O5/c1-2-30-23(29)24-19-8-3-6-17(14-19)16-26-22(28)11-10-21(25-26)18-7-4-9-20(15-18)31-13-5-12-27/h3-4,6-11,14-15,27H,2,5,12-13,16H2,1H3,(H,24,29). The van der Waals surface area contributed by atoms with Crippen LogP contribution in [0.25, 0.3) is 11.3 Å². The lowest BCUT2D eigenvalue weighted by molar-refractivity contribution is 0.168. The van der Waals surface area contributed by atoms with Crippen molar-refractivity contribution in [2.45, 2.75) is 19.9 Å². The number of carbonyl (C=O) groups is 1. The SMILES string of the molecule is CCOC(=O)Nc1cccc(Cn2nc(-c3cccc(OCCCO)c3)ccc2=O)c1. The van der Waals surface area contributed by atoms with Crippen molar-refractivity contribution < 1.29 is 19.4 Å². The second-order valence-electron chi connectivity index (χ2n) is 6.71. The number of anilines is 1. The molecule has 0 aliphatic carbocycles. The van der Waals surface area contributed by atoms with Crippen LogP contribution in [0, 0.1) is 0 Å². The molecule has 0 aliphatic rings. The van der Waals surface area contributed by atoms with Crippen molar-refractivity contribution >= 4 is 11.8 Å². The quantitative estimate of drug-likeness (QED) is 0.512. The molecule has 0 unspecified atom stereocenters. The van der Waals surface area contributed by atoms with Crippen LogP contribution in [0.1, 0.15) is 18.9 Å². The first-order chi connectivity index (χ1) is 15.1. The summed E-state index contributed by atoms with van der Waals surface area (Å²) in [5.41, 5.74) is 2.60. The molecule has 8 nitrogen and oxygen atoms in total. The topological polar surface area (TPSA) is 103 Å². The molecule has 1 aromatic heterocycles. The van der Waals surface area contributed by atoms with Gasteiger partial charge < -0.3 is 14.6 Å². The van der Waals surface area contributed by atoms with Gasteiger partial charge in [-0.15, -0.1) is 0 Å². The fourth-order valence-corrected chi connectivity index (χ4v) is 2.92. The summed E-state index contributed by atoms with van der Waals surface area (Å²) in [7, 11) is 0. The molecule has 0 saturated carbocycles. The highest BCUT2D eigenvalue weighted by Crippen LogP contribution is 2.22. The minimum atomic E-state index is -0.530. The van der Waals surface area contributed by atoms with Crippen LogP contribution in [-0.2, 0) is 11.3 Å². The largest absolute Gasteiger partial charge is 0.493 e. The summed E-state index contributed by atoms with van der Waals surface area (Å²) in [4.78, 5) is 24.0. The third-order valence-electron chi connectivity index (χ3n) is 4.35. The van der Waals surface area contributed by atoms with E-state index in [9.17, 15) is 9.59 Å². The van der Waals surface area contributed by atoms with E-state index >= 15 is 0 Å². The number of rotatable bonds is 9.